The summed E-state index contributed by atoms with van der Waals surface area (Å²) < 4.78 is 22.7. The normalized spacial score (nSPS) is 11.1. The zero-order valence-electron chi connectivity index (χ0n) is 19.6. The van der Waals surface area contributed by atoms with Gasteiger partial charge in [0.1, 0.15) is 28.5 Å². The Morgan fingerprint density at radius 2 is 1.67 bits per heavy atom. The van der Waals surface area contributed by atoms with Crippen molar-refractivity contribution in [2.45, 2.75) is 36.1 Å². The number of hydrogen-bond donors (Lipinski definition) is 3. The van der Waals surface area contributed by atoms with Gasteiger partial charge in [0.05, 0.1) is 10.5 Å². The summed E-state index contributed by atoms with van der Waals surface area (Å²) in [6.07, 6.45) is 0.0898. The topological polar surface area (TPSA) is 176 Å². The maximum Gasteiger partial charge on any atom is 0.238 e. The summed E-state index contributed by atoms with van der Waals surface area (Å²) in [7, 11) is -3.82. The van der Waals surface area contributed by atoms with Gasteiger partial charge in [0.25, 0.3) is 0 Å². The second-order valence-corrected chi connectivity index (χ2v) is 10.8. The molecule has 1 heterocycles. The lowest BCUT2D eigenvalue weighted by molar-refractivity contribution is -0.115. The minimum atomic E-state index is -3.82. The SMILES string of the molecule is CC(C)c1ccc(-c2c(C#N)c(N)nc(SCCC(=O)Nc3ccc(S(N)(=O)=O)cc3)c2C#N)cc1. The van der Waals surface area contributed by atoms with E-state index in [1.54, 1.807) is 0 Å². The molecule has 1 aromatic heterocycles. The Bertz CT molecular complexity index is 1470. The number of carbonyl (C=O) groups excluding carboxylic acids is 1. The molecule has 5 N–H and O–H groups in total. The summed E-state index contributed by atoms with van der Waals surface area (Å²) in [6.45, 7) is 4.15. The molecule has 11 heteroatoms. The van der Waals surface area contributed by atoms with Gasteiger partial charge >= 0.3 is 0 Å². The molecule has 184 valence electrons. The van der Waals surface area contributed by atoms with E-state index in [0.717, 1.165) is 5.56 Å². The van der Waals surface area contributed by atoms with Crippen LogP contribution in [-0.4, -0.2) is 25.1 Å². The molecule has 3 rings (SSSR count). The fraction of sp³-hybridized carbons (Fsp3) is 0.200. The maximum absolute atomic E-state index is 12.4. The molecule has 0 spiro atoms. The predicted octanol–water partition coefficient (Wildman–Crippen LogP) is 3.97. The van der Waals surface area contributed by atoms with Crippen molar-refractivity contribution in [3.8, 4) is 23.3 Å². The third kappa shape index (κ3) is 6.20. The highest BCUT2D eigenvalue weighted by molar-refractivity contribution is 7.99. The van der Waals surface area contributed by atoms with Crippen LogP contribution in [0.1, 0.15) is 42.9 Å². The fourth-order valence-corrected chi connectivity index (χ4v) is 4.87. The Hall–Kier alpha value is -3.90. The summed E-state index contributed by atoms with van der Waals surface area (Å²) in [5.41, 5.74) is 9.07. The Kier molecular flexibility index (Phi) is 8.33. The van der Waals surface area contributed by atoms with Crippen molar-refractivity contribution in [3.63, 3.8) is 0 Å². The summed E-state index contributed by atoms with van der Waals surface area (Å²) in [4.78, 5) is 16.6. The Labute approximate surface area is 214 Å². The number of nitriles is 2. The molecule has 36 heavy (non-hydrogen) atoms. The number of pyridine rings is 1. The van der Waals surface area contributed by atoms with E-state index in [9.17, 15) is 23.7 Å². The van der Waals surface area contributed by atoms with Crippen molar-refractivity contribution in [2.75, 3.05) is 16.8 Å². The molecule has 0 saturated heterocycles. The molecule has 0 fully saturated rings. The summed E-state index contributed by atoms with van der Waals surface area (Å²) in [5.74, 6) is 0.327. The van der Waals surface area contributed by atoms with E-state index in [1.807, 2.05) is 24.3 Å². The van der Waals surface area contributed by atoms with Crippen LogP contribution in [0, 0.1) is 22.7 Å². The van der Waals surface area contributed by atoms with Crippen molar-refractivity contribution in [2.24, 2.45) is 5.14 Å². The van der Waals surface area contributed by atoms with Gasteiger partial charge in [-0.05, 0) is 41.3 Å². The number of hydrogen-bond acceptors (Lipinski definition) is 8. The van der Waals surface area contributed by atoms with E-state index in [-0.39, 0.29) is 34.2 Å². The number of nitrogens with zero attached hydrogens (tertiary/aromatic N) is 3. The average Bonchev–Trinajstić information content (AvgIpc) is 2.83. The van der Waals surface area contributed by atoms with Crippen LogP contribution >= 0.6 is 11.8 Å². The second-order valence-electron chi connectivity index (χ2n) is 8.14. The number of thioether (sulfide) groups is 1. The molecule has 1 amide bonds. The Morgan fingerprint density at radius 1 is 1.06 bits per heavy atom. The number of amides is 1. The van der Waals surface area contributed by atoms with E-state index in [1.165, 1.54) is 36.0 Å². The molecule has 0 unspecified atom stereocenters. The van der Waals surface area contributed by atoms with Gasteiger partial charge in [-0.1, -0.05) is 38.1 Å². The number of primary sulfonamides is 1. The highest BCUT2D eigenvalue weighted by Gasteiger charge is 2.21. The van der Waals surface area contributed by atoms with Gasteiger partial charge in [-0.2, -0.15) is 10.5 Å². The van der Waals surface area contributed by atoms with Crippen LogP contribution in [0.5, 0.6) is 0 Å². The van der Waals surface area contributed by atoms with E-state index in [4.69, 9.17) is 10.9 Å². The lowest BCUT2D eigenvalue weighted by Gasteiger charge is -2.14. The van der Waals surface area contributed by atoms with E-state index < -0.39 is 10.0 Å². The van der Waals surface area contributed by atoms with Gasteiger partial charge in [0.15, 0.2) is 0 Å². The van der Waals surface area contributed by atoms with Crippen LogP contribution in [-0.2, 0) is 14.8 Å². The van der Waals surface area contributed by atoms with Gasteiger partial charge in [0.2, 0.25) is 15.9 Å². The Morgan fingerprint density at radius 3 is 2.19 bits per heavy atom. The zero-order chi connectivity index (χ0) is 26.5. The van der Waals surface area contributed by atoms with Gasteiger partial charge in [0, 0.05) is 23.4 Å². The van der Waals surface area contributed by atoms with Crippen LogP contribution in [0.25, 0.3) is 11.1 Å². The quantitative estimate of drug-likeness (QED) is 0.374. The summed E-state index contributed by atoms with van der Waals surface area (Å²) in [5, 5.41) is 27.7. The molecule has 0 atom stereocenters. The third-order valence-electron chi connectivity index (χ3n) is 5.32. The number of nitrogens with one attached hydrogen (secondary N) is 1. The third-order valence-corrected chi connectivity index (χ3v) is 7.22. The van der Waals surface area contributed by atoms with Crippen molar-refractivity contribution < 1.29 is 13.2 Å². The second kappa shape index (κ2) is 11.2. The molecule has 2 aromatic carbocycles. The predicted molar refractivity (Wildman–Crippen MR) is 139 cm³/mol. The monoisotopic (exact) mass is 520 g/mol. The number of benzene rings is 2. The smallest absolute Gasteiger partial charge is 0.238 e. The standard InChI is InChI=1S/C25H24N6O3S2/c1-15(2)16-3-5-17(6-4-16)23-20(13-26)24(28)31-25(21(23)14-27)35-12-11-22(32)30-18-7-9-19(10-8-18)36(29,33)34/h3-10,15H,11-12H2,1-2H3,(H2,28,31)(H,30,32)(H2,29,33,34). The first-order valence-corrected chi connectivity index (χ1v) is 13.4. The van der Waals surface area contributed by atoms with Gasteiger partial charge in [-0.15, -0.1) is 11.8 Å². The Balaban J connectivity index is 1.78. The maximum atomic E-state index is 12.4. The van der Waals surface area contributed by atoms with Crippen molar-refractivity contribution in [1.29, 1.82) is 10.5 Å². The van der Waals surface area contributed by atoms with Crippen LogP contribution in [0.3, 0.4) is 0 Å². The number of nitrogen functional groups attached to an aromatic ring is 1. The molecule has 3 aromatic rings. The van der Waals surface area contributed by atoms with Crippen molar-refractivity contribution in [3.05, 3.63) is 65.2 Å². The minimum Gasteiger partial charge on any atom is -0.383 e. The summed E-state index contributed by atoms with van der Waals surface area (Å²) >= 11 is 1.19. The lowest BCUT2D eigenvalue weighted by atomic mass is 9.94. The van der Waals surface area contributed by atoms with Crippen LogP contribution in [0.2, 0.25) is 0 Å². The number of carbonyl (C=O) groups is 1. The molecule has 0 aliphatic rings. The lowest BCUT2D eigenvalue weighted by Crippen LogP contribution is -2.14. The molecule has 0 aliphatic carbocycles. The molecular formula is C25H24N6O3S2. The molecule has 0 saturated carbocycles. The zero-order valence-corrected chi connectivity index (χ0v) is 21.3. The molecule has 0 aliphatic heterocycles. The summed E-state index contributed by atoms with van der Waals surface area (Å²) in [6, 6.07) is 17.3. The van der Waals surface area contributed by atoms with Crippen LogP contribution < -0.4 is 16.2 Å². The largest absolute Gasteiger partial charge is 0.383 e. The van der Waals surface area contributed by atoms with Crippen molar-refractivity contribution in [1.82, 2.24) is 4.98 Å². The number of aromatic nitrogens is 1. The first-order chi connectivity index (χ1) is 17.0. The fourth-order valence-electron chi connectivity index (χ4n) is 3.42. The average molecular weight is 521 g/mol. The highest BCUT2D eigenvalue weighted by atomic mass is 32.2. The van der Waals surface area contributed by atoms with Gasteiger partial charge < -0.3 is 11.1 Å². The van der Waals surface area contributed by atoms with Crippen LogP contribution in [0.15, 0.2) is 58.5 Å². The van der Waals surface area contributed by atoms with E-state index in [2.05, 4.69) is 36.3 Å². The first kappa shape index (κ1) is 26.7. The molecule has 9 nitrogen and oxygen atoms in total. The molecule has 0 radical (unpaired) electrons. The number of nitrogens with two attached hydrogens (primary N) is 2. The van der Waals surface area contributed by atoms with Crippen LogP contribution in [0.4, 0.5) is 11.5 Å². The first-order valence-electron chi connectivity index (χ1n) is 10.8. The van der Waals surface area contributed by atoms with Gasteiger partial charge in [-0.25, -0.2) is 18.5 Å². The number of anilines is 2. The number of rotatable bonds is 8. The van der Waals surface area contributed by atoms with E-state index in [0.29, 0.717) is 33.5 Å². The molecular weight excluding hydrogens is 496 g/mol. The van der Waals surface area contributed by atoms with E-state index >= 15 is 0 Å². The minimum absolute atomic E-state index is 0.0151. The highest BCUT2D eigenvalue weighted by Crippen LogP contribution is 2.36. The van der Waals surface area contributed by atoms with Crippen molar-refractivity contribution >= 4 is 39.2 Å². The van der Waals surface area contributed by atoms with Gasteiger partial charge in [-0.3, -0.25) is 4.79 Å². The molecule has 0 bridgehead atoms. The number of sulfonamides is 1.